The number of benzene rings is 2. The number of rotatable bonds is 6. The number of para-hydroxylation sites is 1. The molecule has 0 saturated heterocycles. The molecule has 1 amide bonds. The highest BCUT2D eigenvalue weighted by atomic mass is 19.1. The minimum Gasteiger partial charge on any atom is -0.374 e. The van der Waals surface area contributed by atoms with Crippen LogP contribution in [-0.2, 0) is 11.3 Å². The van der Waals surface area contributed by atoms with Gasteiger partial charge in [-0.15, -0.1) is 0 Å². The van der Waals surface area contributed by atoms with E-state index in [1.54, 1.807) is 12.1 Å². The molecule has 2 aromatic carbocycles. The highest BCUT2D eigenvalue weighted by molar-refractivity contribution is 5.76. The molecule has 110 valence electrons. The minimum absolute atomic E-state index is 0.0119. The lowest BCUT2D eigenvalue weighted by molar-refractivity contribution is -0.121. The van der Waals surface area contributed by atoms with Crippen molar-refractivity contribution < 1.29 is 9.18 Å². The van der Waals surface area contributed by atoms with Gasteiger partial charge in [-0.05, 0) is 29.8 Å². The summed E-state index contributed by atoms with van der Waals surface area (Å²) in [7, 11) is 1.96. The second-order valence-corrected chi connectivity index (χ2v) is 4.91. The van der Waals surface area contributed by atoms with Crippen LogP contribution in [0.4, 0.5) is 10.1 Å². The molecule has 0 aliphatic carbocycles. The Morgan fingerprint density at radius 3 is 2.43 bits per heavy atom. The highest BCUT2D eigenvalue weighted by Crippen LogP contribution is 2.10. The summed E-state index contributed by atoms with van der Waals surface area (Å²) < 4.78 is 12.8. The summed E-state index contributed by atoms with van der Waals surface area (Å²) in [5.41, 5.74) is 1.98. The average Bonchev–Trinajstić information content (AvgIpc) is 2.53. The summed E-state index contributed by atoms with van der Waals surface area (Å²) >= 11 is 0. The molecule has 0 fully saturated rings. The van der Waals surface area contributed by atoms with Gasteiger partial charge in [0.05, 0.1) is 0 Å². The molecule has 0 atom stereocenters. The van der Waals surface area contributed by atoms with Crippen LogP contribution in [0, 0.1) is 5.82 Å². The summed E-state index contributed by atoms with van der Waals surface area (Å²) in [4.78, 5) is 13.8. The van der Waals surface area contributed by atoms with E-state index in [2.05, 4.69) is 5.32 Å². The number of amides is 1. The van der Waals surface area contributed by atoms with Crippen LogP contribution in [0.25, 0.3) is 0 Å². The summed E-state index contributed by atoms with van der Waals surface area (Å²) in [5.74, 6) is -0.281. The Bertz CT molecular complexity index is 569. The number of anilines is 1. The third-order valence-corrected chi connectivity index (χ3v) is 3.27. The van der Waals surface area contributed by atoms with Gasteiger partial charge >= 0.3 is 0 Å². The number of nitrogens with one attached hydrogen (secondary N) is 1. The number of halogens is 1. The lowest BCUT2D eigenvalue weighted by Crippen LogP contribution is -2.28. The van der Waals surface area contributed by atoms with Crippen molar-refractivity contribution in [1.82, 2.24) is 5.32 Å². The molecule has 1 N–H and O–H groups in total. The van der Waals surface area contributed by atoms with E-state index in [0.29, 0.717) is 19.5 Å². The van der Waals surface area contributed by atoms with E-state index in [1.165, 1.54) is 12.1 Å². The molecular formula is C17H19FN2O. The molecule has 0 spiro atoms. The monoisotopic (exact) mass is 286 g/mol. The fourth-order valence-corrected chi connectivity index (χ4v) is 1.97. The van der Waals surface area contributed by atoms with Crippen LogP contribution in [-0.4, -0.2) is 19.5 Å². The maximum atomic E-state index is 12.8. The largest absolute Gasteiger partial charge is 0.374 e. The van der Waals surface area contributed by atoms with Crippen LogP contribution in [0.3, 0.4) is 0 Å². The van der Waals surface area contributed by atoms with Crippen molar-refractivity contribution in [2.45, 2.75) is 13.0 Å². The van der Waals surface area contributed by atoms with Crippen LogP contribution in [0.1, 0.15) is 12.0 Å². The van der Waals surface area contributed by atoms with Crippen molar-refractivity contribution in [2.75, 3.05) is 18.5 Å². The molecule has 4 heteroatoms. The van der Waals surface area contributed by atoms with Crippen molar-refractivity contribution in [3.63, 3.8) is 0 Å². The highest BCUT2D eigenvalue weighted by Gasteiger charge is 2.05. The molecule has 0 aromatic heterocycles. The third-order valence-electron chi connectivity index (χ3n) is 3.27. The number of hydrogen-bond donors (Lipinski definition) is 1. The van der Waals surface area contributed by atoms with E-state index < -0.39 is 0 Å². The molecule has 2 rings (SSSR count). The number of carbonyl (C=O) groups is 1. The smallest absolute Gasteiger partial charge is 0.222 e. The Balaban J connectivity index is 1.73. The first-order valence-electron chi connectivity index (χ1n) is 6.92. The standard InChI is InChI=1S/C17H19FN2O/c1-20(16-5-3-2-4-6-16)12-11-17(21)19-13-14-7-9-15(18)10-8-14/h2-10H,11-13H2,1H3,(H,19,21). The lowest BCUT2D eigenvalue weighted by atomic mass is 10.2. The fraction of sp³-hybridized carbons (Fsp3) is 0.235. The van der Waals surface area contributed by atoms with Crippen molar-refractivity contribution >= 4 is 11.6 Å². The molecule has 21 heavy (non-hydrogen) atoms. The topological polar surface area (TPSA) is 32.3 Å². The van der Waals surface area contributed by atoms with Gasteiger partial charge in [0.25, 0.3) is 0 Å². The Morgan fingerprint density at radius 1 is 1.10 bits per heavy atom. The Labute approximate surface area is 124 Å². The predicted molar refractivity (Wildman–Crippen MR) is 82.6 cm³/mol. The molecule has 0 bridgehead atoms. The van der Waals surface area contributed by atoms with Gasteiger partial charge < -0.3 is 10.2 Å². The van der Waals surface area contributed by atoms with Crippen molar-refractivity contribution in [3.05, 3.63) is 66.0 Å². The zero-order valence-corrected chi connectivity index (χ0v) is 12.1. The minimum atomic E-state index is -0.269. The van der Waals surface area contributed by atoms with Gasteiger partial charge in [0.1, 0.15) is 5.82 Å². The first-order chi connectivity index (χ1) is 10.1. The summed E-state index contributed by atoms with van der Waals surface area (Å²) in [6.07, 6.45) is 0.423. The first kappa shape index (κ1) is 15.0. The van der Waals surface area contributed by atoms with Crippen LogP contribution in [0.15, 0.2) is 54.6 Å². The van der Waals surface area contributed by atoms with Gasteiger partial charge in [-0.2, -0.15) is 0 Å². The van der Waals surface area contributed by atoms with Crippen LogP contribution >= 0.6 is 0 Å². The van der Waals surface area contributed by atoms with E-state index in [4.69, 9.17) is 0 Å². The fourth-order valence-electron chi connectivity index (χ4n) is 1.97. The Kier molecular flexibility index (Phi) is 5.32. The first-order valence-corrected chi connectivity index (χ1v) is 6.92. The summed E-state index contributed by atoms with van der Waals surface area (Å²) in [6.45, 7) is 1.08. The van der Waals surface area contributed by atoms with E-state index in [0.717, 1.165) is 11.3 Å². The summed E-state index contributed by atoms with van der Waals surface area (Å²) in [5, 5.41) is 2.84. The van der Waals surface area contributed by atoms with Crippen LogP contribution in [0.5, 0.6) is 0 Å². The Morgan fingerprint density at radius 2 is 1.76 bits per heavy atom. The van der Waals surface area contributed by atoms with Gasteiger partial charge in [0.2, 0.25) is 5.91 Å². The van der Waals surface area contributed by atoms with Gasteiger partial charge in [-0.1, -0.05) is 30.3 Å². The molecule has 0 saturated carbocycles. The average molecular weight is 286 g/mol. The number of carbonyl (C=O) groups excluding carboxylic acids is 1. The SMILES string of the molecule is CN(CCC(=O)NCc1ccc(F)cc1)c1ccccc1. The molecular weight excluding hydrogens is 267 g/mol. The maximum Gasteiger partial charge on any atom is 0.222 e. The molecule has 0 aliphatic rings. The quantitative estimate of drug-likeness (QED) is 0.885. The predicted octanol–water partition coefficient (Wildman–Crippen LogP) is 2.97. The molecule has 0 unspecified atom stereocenters. The van der Waals surface area contributed by atoms with Crippen LogP contribution < -0.4 is 10.2 Å². The molecule has 0 heterocycles. The molecule has 0 aliphatic heterocycles. The second kappa shape index (κ2) is 7.43. The molecule has 0 radical (unpaired) electrons. The van der Waals surface area contributed by atoms with Crippen molar-refractivity contribution in [2.24, 2.45) is 0 Å². The third kappa shape index (κ3) is 4.91. The van der Waals surface area contributed by atoms with Crippen molar-refractivity contribution in [1.29, 1.82) is 0 Å². The summed E-state index contributed by atoms with van der Waals surface area (Å²) in [6, 6.07) is 16.1. The zero-order chi connectivity index (χ0) is 15.1. The lowest BCUT2D eigenvalue weighted by Gasteiger charge is -2.18. The van der Waals surface area contributed by atoms with E-state index in [9.17, 15) is 9.18 Å². The Hall–Kier alpha value is -2.36. The van der Waals surface area contributed by atoms with Gasteiger partial charge in [-0.3, -0.25) is 4.79 Å². The van der Waals surface area contributed by atoms with E-state index in [1.807, 2.05) is 42.3 Å². The van der Waals surface area contributed by atoms with Gasteiger partial charge in [0.15, 0.2) is 0 Å². The number of hydrogen-bond acceptors (Lipinski definition) is 2. The molecule has 3 nitrogen and oxygen atoms in total. The zero-order valence-electron chi connectivity index (χ0n) is 12.1. The second-order valence-electron chi connectivity index (χ2n) is 4.91. The van der Waals surface area contributed by atoms with Gasteiger partial charge in [-0.25, -0.2) is 4.39 Å². The normalized spacial score (nSPS) is 10.2. The van der Waals surface area contributed by atoms with E-state index in [-0.39, 0.29) is 11.7 Å². The van der Waals surface area contributed by atoms with Gasteiger partial charge in [0, 0.05) is 32.2 Å². The molecule has 2 aromatic rings. The number of nitrogens with zero attached hydrogens (tertiary/aromatic N) is 1. The maximum absolute atomic E-state index is 12.8. The van der Waals surface area contributed by atoms with Crippen molar-refractivity contribution in [3.8, 4) is 0 Å². The van der Waals surface area contributed by atoms with Crippen LogP contribution in [0.2, 0.25) is 0 Å². The van der Waals surface area contributed by atoms with E-state index >= 15 is 0 Å².